The Bertz CT molecular complexity index is 663. The first-order chi connectivity index (χ1) is 8.79. The number of hydrazine groups is 1. The van der Waals surface area contributed by atoms with Crippen LogP contribution in [0.2, 0.25) is 5.02 Å². The summed E-state index contributed by atoms with van der Waals surface area (Å²) in [7, 11) is -4.04. The lowest BCUT2D eigenvalue weighted by molar-refractivity contribution is -0.118. The maximum atomic E-state index is 12.0. The zero-order valence-electron chi connectivity index (χ0n) is 9.18. The number of hydrogen-bond acceptors (Lipinski definition) is 4. The van der Waals surface area contributed by atoms with Gasteiger partial charge in [0, 0.05) is 4.47 Å². The number of amides is 3. The number of rotatable bonds is 3. The van der Waals surface area contributed by atoms with Gasteiger partial charge in [0.15, 0.2) is 0 Å². The molecule has 1 heterocycles. The molecule has 10 heteroatoms. The van der Waals surface area contributed by atoms with E-state index in [0.717, 1.165) is 0 Å². The summed E-state index contributed by atoms with van der Waals surface area (Å²) in [6.07, 6.45) is 0. The van der Waals surface area contributed by atoms with E-state index in [0.29, 0.717) is 9.48 Å². The Kier molecular flexibility index (Phi) is 3.81. The molecule has 0 aliphatic carbocycles. The second-order valence-electron chi connectivity index (χ2n) is 3.61. The number of carbonyl (C=O) groups is 2. The van der Waals surface area contributed by atoms with Gasteiger partial charge in [0.2, 0.25) is 5.91 Å². The molecule has 0 spiro atoms. The van der Waals surface area contributed by atoms with Gasteiger partial charge in [0.05, 0.1) is 5.02 Å². The van der Waals surface area contributed by atoms with Crippen molar-refractivity contribution in [3.05, 3.63) is 27.7 Å². The highest BCUT2D eigenvalue weighted by atomic mass is 79.9. The van der Waals surface area contributed by atoms with Crippen molar-refractivity contribution >= 4 is 49.5 Å². The Balaban J connectivity index is 2.28. The van der Waals surface area contributed by atoms with Crippen molar-refractivity contribution in [2.45, 2.75) is 4.90 Å². The first kappa shape index (κ1) is 14.3. The van der Waals surface area contributed by atoms with Crippen molar-refractivity contribution in [1.29, 1.82) is 0 Å². The van der Waals surface area contributed by atoms with E-state index in [4.69, 9.17) is 11.6 Å². The summed E-state index contributed by atoms with van der Waals surface area (Å²) in [4.78, 5) is 24.0. The molecule has 2 rings (SSSR count). The van der Waals surface area contributed by atoms with Gasteiger partial charge in [-0.1, -0.05) is 27.5 Å². The number of benzene rings is 1. The van der Waals surface area contributed by atoms with Crippen LogP contribution in [0.15, 0.2) is 27.6 Å². The molecule has 0 saturated carbocycles. The summed E-state index contributed by atoms with van der Waals surface area (Å²) >= 11 is 8.98. The Morgan fingerprint density at radius 3 is 2.58 bits per heavy atom. The lowest BCUT2D eigenvalue weighted by Crippen LogP contribution is -2.44. The molecule has 1 fully saturated rings. The highest BCUT2D eigenvalue weighted by molar-refractivity contribution is 9.10. The van der Waals surface area contributed by atoms with Gasteiger partial charge in [0.25, 0.3) is 10.0 Å². The molecule has 0 unspecified atom stereocenters. The number of hydrogen-bond donors (Lipinski definition) is 2. The predicted octanol–water partition coefficient (Wildman–Crippen LogP) is 0.848. The molecule has 1 aliphatic rings. The van der Waals surface area contributed by atoms with Gasteiger partial charge >= 0.3 is 6.03 Å². The van der Waals surface area contributed by atoms with Crippen LogP contribution in [0.3, 0.4) is 0 Å². The van der Waals surface area contributed by atoms with Crippen LogP contribution in [0.1, 0.15) is 0 Å². The van der Waals surface area contributed by atoms with Crippen LogP contribution in [0.5, 0.6) is 0 Å². The molecule has 102 valence electrons. The molecule has 3 amide bonds. The Morgan fingerprint density at radius 1 is 1.37 bits per heavy atom. The smallest absolute Gasteiger partial charge is 0.275 e. The summed E-state index contributed by atoms with van der Waals surface area (Å²) in [5.74, 6) is -0.588. The van der Waals surface area contributed by atoms with Crippen molar-refractivity contribution in [1.82, 2.24) is 15.2 Å². The minimum atomic E-state index is -4.04. The average Bonchev–Trinajstić information content (AvgIpc) is 2.55. The van der Waals surface area contributed by atoms with E-state index in [1.807, 2.05) is 10.1 Å². The first-order valence-electron chi connectivity index (χ1n) is 4.88. The largest absolute Gasteiger partial charge is 0.339 e. The zero-order valence-corrected chi connectivity index (χ0v) is 12.3. The highest BCUT2D eigenvalue weighted by Crippen LogP contribution is 2.25. The van der Waals surface area contributed by atoms with Gasteiger partial charge in [-0.3, -0.25) is 10.1 Å². The zero-order chi connectivity index (χ0) is 14.2. The van der Waals surface area contributed by atoms with E-state index >= 15 is 0 Å². The Labute approximate surface area is 122 Å². The molecule has 0 radical (unpaired) electrons. The number of halogens is 2. The lowest BCUT2D eigenvalue weighted by Gasteiger charge is -2.15. The average molecular weight is 369 g/mol. The van der Waals surface area contributed by atoms with Gasteiger partial charge in [0.1, 0.15) is 11.4 Å². The van der Waals surface area contributed by atoms with Crippen LogP contribution in [-0.2, 0) is 14.8 Å². The predicted molar refractivity (Wildman–Crippen MR) is 69.7 cm³/mol. The van der Waals surface area contributed by atoms with Gasteiger partial charge in [-0.15, -0.1) is 4.83 Å². The number of carbonyl (C=O) groups excluding carboxylic acids is 2. The fourth-order valence-electron chi connectivity index (χ4n) is 1.40. The summed E-state index contributed by atoms with van der Waals surface area (Å²) in [5.41, 5.74) is 0. The third-order valence-corrected chi connectivity index (χ3v) is 4.52. The van der Waals surface area contributed by atoms with Gasteiger partial charge < -0.3 is 0 Å². The number of imide groups is 1. The molecule has 1 aromatic rings. The monoisotopic (exact) mass is 367 g/mol. The first-order valence-corrected chi connectivity index (χ1v) is 7.54. The fraction of sp³-hybridized carbons (Fsp3) is 0.111. The maximum Gasteiger partial charge on any atom is 0.339 e. The van der Waals surface area contributed by atoms with E-state index in [1.54, 1.807) is 0 Å². The van der Waals surface area contributed by atoms with Crippen molar-refractivity contribution in [3.63, 3.8) is 0 Å². The van der Waals surface area contributed by atoms with E-state index in [2.05, 4.69) is 15.9 Å². The van der Waals surface area contributed by atoms with Gasteiger partial charge in [-0.2, -0.15) is 0 Å². The fourth-order valence-corrected chi connectivity index (χ4v) is 3.48. The minimum Gasteiger partial charge on any atom is -0.275 e. The summed E-state index contributed by atoms with van der Waals surface area (Å²) in [6.45, 7) is -0.383. The molecule has 0 atom stereocenters. The van der Waals surface area contributed by atoms with Crippen molar-refractivity contribution in [2.75, 3.05) is 6.54 Å². The molecule has 7 nitrogen and oxygen atoms in total. The second-order valence-corrected chi connectivity index (χ2v) is 6.56. The molecule has 0 bridgehead atoms. The Morgan fingerprint density at radius 2 is 2.05 bits per heavy atom. The van der Waals surface area contributed by atoms with E-state index in [9.17, 15) is 18.0 Å². The molecule has 0 aromatic heterocycles. The number of nitrogens with one attached hydrogen (secondary N) is 2. The van der Waals surface area contributed by atoms with Crippen LogP contribution < -0.4 is 10.1 Å². The van der Waals surface area contributed by atoms with Crippen LogP contribution in [0.4, 0.5) is 4.79 Å². The van der Waals surface area contributed by atoms with Crippen LogP contribution in [0.25, 0.3) is 0 Å². The summed E-state index contributed by atoms with van der Waals surface area (Å²) in [6, 6.07) is 3.35. The summed E-state index contributed by atoms with van der Waals surface area (Å²) < 4.78 is 24.7. The van der Waals surface area contributed by atoms with Crippen molar-refractivity contribution in [3.8, 4) is 0 Å². The molecular weight excluding hydrogens is 362 g/mol. The van der Waals surface area contributed by atoms with Gasteiger partial charge in [-0.25, -0.2) is 18.2 Å². The SMILES string of the molecule is O=C1CN(NS(=O)(=O)c2ccc(Br)cc2Cl)C(=O)N1. The Hall–Kier alpha value is -1.16. The molecule has 2 N–H and O–H groups in total. The number of nitrogens with zero attached hydrogens (tertiary/aromatic N) is 1. The number of sulfonamides is 1. The topological polar surface area (TPSA) is 95.6 Å². The lowest BCUT2D eigenvalue weighted by atomic mass is 10.4. The second kappa shape index (κ2) is 5.08. The minimum absolute atomic E-state index is 0.00666. The van der Waals surface area contributed by atoms with E-state index < -0.39 is 22.0 Å². The van der Waals surface area contributed by atoms with E-state index in [1.165, 1.54) is 18.2 Å². The maximum absolute atomic E-state index is 12.0. The third-order valence-electron chi connectivity index (χ3n) is 2.21. The number of urea groups is 1. The molecule has 1 aromatic carbocycles. The van der Waals surface area contributed by atoms with Gasteiger partial charge in [-0.05, 0) is 18.2 Å². The standard InChI is InChI=1S/C9H7BrClN3O4S/c10-5-1-2-7(6(11)3-5)19(17,18)13-14-4-8(15)12-9(14)16/h1-3,13H,4H2,(H,12,15,16). The quantitative estimate of drug-likeness (QED) is 0.773. The summed E-state index contributed by atoms with van der Waals surface area (Å²) in [5, 5.41) is 2.60. The van der Waals surface area contributed by atoms with Crippen LogP contribution in [0, 0.1) is 0 Å². The normalized spacial score (nSPS) is 15.8. The van der Waals surface area contributed by atoms with Crippen molar-refractivity contribution < 1.29 is 18.0 Å². The molecule has 1 saturated heterocycles. The molecule has 1 aliphatic heterocycles. The molecular formula is C9H7BrClN3O4S. The van der Waals surface area contributed by atoms with E-state index in [-0.39, 0.29) is 16.5 Å². The molecule has 19 heavy (non-hydrogen) atoms. The van der Waals surface area contributed by atoms with Crippen LogP contribution >= 0.6 is 27.5 Å². The highest BCUT2D eigenvalue weighted by Gasteiger charge is 2.31. The van der Waals surface area contributed by atoms with Crippen molar-refractivity contribution in [2.24, 2.45) is 0 Å². The third kappa shape index (κ3) is 3.06. The van der Waals surface area contributed by atoms with Crippen LogP contribution in [-0.4, -0.2) is 31.9 Å².